The first kappa shape index (κ1) is 10.6. The lowest BCUT2D eigenvalue weighted by molar-refractivity contribution is 0.210. The first-order valence-corrected chi connectivity index (χ1v) is 5.72. The molecule has 0 saturated carbocycles. The average molecular weight is 211 g/mol. The fraction of sp³-hybridized carbons (Fsp3) is 0.727. The summed E-state index contributed by atoms with van der Waals surface area (Å²) in [4.78, 5) is 0. The van der Waals surface area contributed by atoms with Gasteiger partial charge >= 0.3 is 0 Å². The van der Waals surface area contributed by atoms with E-state index in [9.17, 15) is 4.39 Å². The smallest absolute Gasteiger partial charge is 0.157 e. The zero-order chi connectivity index (χ0) is 10.7. The Labute approximate surface area is 89.7 Å². The third-order valence-corrected chi connectivity index (χ3v) is 3.03. The highest BCUT2D eigenvalue weighted by atomic mass is 19.1. The normalized spacial score (nSPS) is 24.0. The molecule has 1 aliphatic rings. The average Bonchev–Trinajstić information content (AvgIpc) is 2.77. The topological polar surface area (TPSA) is 29.9 Å². The molecule has 0 aromatic carbocycles. The Morgan fingerprint density at radius 1 is 1.67 bits per heavy atom. The molecule has 2 atom stereocenters. The van der Waals surface area contributed by atoms with Crippen LogP contribution in [0.1, 0.15) is 38.1 Å². The van der Waals surface area contributed by atoms with Crippen LogP contribution in [-0.2, 0) is 6.54 Å². The Balaban J connectivity index is 2.08. The first-order valence-electron chi connectivity index (χ1n) is 5.72. The van der Waals surface area contributed by atoms with Gasteiger partial charge < -0.3 is 5.32 Å². The largest absolute Gasteiger partial charge is 0.311 e. The number of halogens is 1. The van der Waals surface area contributed by atoms with Crippen LogP contribution in [0.4, 0.5) is 4.39 Å². The Morgan fingerprint density at radius 2 is 2.53 bits per heavy atom. The molecule has 1 aromatic rings. The Kier molecular flexibility index (Phi) is 3.36. The maximum Gasteiger partial charge on any atom is 0.157 e. The van der Waals surface area contributed by atoms with Crippen LogP contribution in [0.2, 0.25) is 0 Å². The number of rotatable bonds is 3. The summed E-state index contributed by atoms with van der Waals surface area (Å²) in [5, 5.41) is 7.34. The molecular formula is C11H18FN3. The van der Waals surface area contributed by atoms with Gasteiger partial charge in [0, 0.05) is 18.8 Å². The van der Waals surface area contributed by atoms with Gasteiger partial charge in [-0.1, -0.05) is 6.42 Å². The molecular weight excluding hydrogens is 193 g/mol. The predicted molar refractivity (Wildman–Crippen MR) is 57.4 cm³/mol. The Hall–Kier alpha value is -0.900. The molecule has 1 fully saturated rings. The van der Waals surface area contributed by atoms with Gasteiger partial charge in [-0.25, -0.2) is 4.39 Å². The number of piperidine rings is 1. The van der Waals surface area contributed by atoms with E-state index in [4.69, 9.17) is 0 Å². The van der Waals surface area contributed by atoms with Crippen molar-refractivity contribution < 1.29 is 4.39 Å². The van der Waals surface area contributed by atoms with Crippen LogP contribution in [0.3, 0.4) is 0 Å². The van der Waals surface area contributed by atoms with Crippen LogP contribution >= 0.6 is 0 Å². The summed E-state index contributed by atoms with van der Waals surface area (Å²) in [7, 11) is 0. The van der Waals surface area contributed by atoms with Gasteiger partial charge in [0.15, 0.2) is 6.17 Å². The van der Waals surface area contributed by atoms with E-state index < -0.39 is 6.17 Å². The number of alkyl halides is 1. The second-order valence-corrected chi connectivity index (χ2v) is 4.03. The maximum absolute atomic E-state index is 14.2. The third-order valence-electron chi connectivity index (χ3n) is 3.03. The van der Waals surface area contributed by atoms with Crippen molar-refractivity contribution in [2.24, 2.45) is 0 Å². The van der Waals surface area contributed by atoms with Gasteiger partial charge in [0.2, 0.25) is 0 Å². The van der Waals surface area contributed by atoms with Crippen molar-refractivity contribution in [3.05, 3.63) is 18.0 Å². The summed E-state index contributed by atoms with van der Waals surface area (Å²) in [6, 6.07) is 1.76. The lowest BCUT2D eigenvalue weighted by atomic mass is 9.99. The molecule has 1 saturated heterocycles. The van der Waals surface area contributed by atoms with E-state index in [1.165, 1.54) is 0 Å². The first-order chi connectivity index (χ1) is 7.33. The predicted octanol–water partition coefficient (Wildman–Crippen LogP) is 2.06. The van der Waals surface area contributed by atoms with Crippen molar-refractivity contribution in [2.75, 3.05) is 6.54 Å². The highest BCUT2D eigenvalue weighted by Crippen LogP contribution is 2.26. The van der Waals surface area contributed by atoms with E-state index in [0.29, 0.717) is 5.69 Å². The monoisotopic (exact) mass is 211 g/mol. The van der Waals surface area contributed by atoms with Crippen molar-refractivity contribution in [1.82, 2.24) is 15.1 Å². The number of hydrogen-bond acceptors (Lipinski definition) is 2. The SMILES string of the molecule is CCn1nccc1C(F)C1CCCCN1. The lowest BCUT2D eigenvalue weighted by Crippen LogP contribution is -2.38. The van der Waals surface area contributed by atoms with Gasteiger partial charge in [-0.3, -0.25) is 4.68 Å². The molecule has 0 radical (unpaired) electrons. The number of aromatic nitrogens is 2. The highest BCUT2D eigenvalue weighted by Gasteiger charge is 2.26. The fourth-order valence-electron chi connectivity index (χ4n) is 2.18. The van der Waals surface area contributed by atoms with Gasteiger partial charge in [0.05, 0.1) is 5.69 Å². The van der Waals surface area contributed by atoms with E-state index in [1.807, 2.05) is 6.92 Å². The number of nitrogens with one attached hydrogen (secondary N) is 1. The van der Waals surface area contributed by atoms with Gasteiger partial charge in [0.1, 0.15) is 0 Å². The summed E-state index contributed by atoms with van der Waals surface area (Å²) in [6.45, 7) is 3.65. The van der Waals surface area contributed by atoms with E-state index in [2.05, 4.69) is 10.4 Å². The minimum absolute atomic E-state index is 0.0271. The van der Waals surface area contributed by atoms with Crippen molar-refractivity contribution in [1.29, 1.82) is 0 Å². The van der Waals surface area contributed by atoms with Crippen LogP contribution in [0, 0.1) is 0 Å². The number of aryl methyl sites for hydroxylation is 1. The van der Waals surface area contributed by atoms with E-state index in [-0.39, 0.29) is 6.04 Å². The quantitative estimate of drug-likeness (QED) is 0.829. The van der Waals surface area contributed by atoms with Crippen molar-refractivity contribution in [3.63, 3.8) is 0 Å². The summed E-state index contributed by atoms with van der Waals surface area (Å²) in [5.74, 6) is 0. The molecule has 0 amide bonds. The van der Waals surface area contributed by atoms with Gasteiger partial charge in [-0.05, 0) is 32.4 Å². The summed E-state index contributed by atoms with van der Waals surface area (Å²) in [6.07, 6.45) is 3.96. The number of hydrogen-bond donors (Lipinski definition) is 1. The molecule has 2 heterocycles. The molecule has 84 valence electrons. The summed E-state index contributed by atoms with van der Waals surface area (Å²) in [5.41, 5.74) is 0.705. The molecule has 0 bridgehead atoms. The van der Waals surface area contributed by atoms with Gasteiger partial charge in [0.25, 0.3) is 0 Å². The summed E-state index contributed by atoms with van der Waals surface area (Å²) >= 11 is 0. The van der Waals surface area contributed by atoms with Gasteiger partial charge in [-0.15, -0.1) is 0 Å². The highest BCUT2D eigenvalue weighted by molar-refractivity contribution is 5.08. The molecule has 1 N–H and O–H groups in total. The molecule has 3 nitrogen and oxygen atoms in total. The summed E-state index contributed by atoms with van der Waals surface area (Å²) < 4.78 is 15.9. The second kappa shape index (κ2) is 4.75. The third kappa shape index (κ3) is 2.20. The molecule has 1 aromatic heterocycles. The molecule has 1 aliphatic heterocycles. The van der Waals surface area contributed by atoms with Crippen LogP contribution in [0.15, 0.2) is 12.3 Å². The molecule has 15 heavy (non-hydrogen) atoms. The van der Waals surface area contributed by atoms with Crippen LogP contribution < -0.4 is 5.32 Å². The zero-order valence-electron chi connectivity index (χ0n) is 9.12. The van der Waals surface area contributed by atoms with E-state index in [0.717, 1.165) is 32.4 Å². The standard InChI is InChI=1S/C11H18FN3/c1-2-15-10(6-8-14-15)11(12)9-5-3-4-7-13-9/h6,8-9,11,13H,2-5,7H2,1H3. The van der Waals surface area contributed by atoms with Gasteiger partial charge in [-0.2, -0.15) is 5.10 Å². The molecule has 0 spiro atoms. The second-order valence-electron chi connectivity index (χ2n) is 4.03. The minimum atomic E-state index is -0.923. The van der Waals surface area contributed by atoms with E-state index in [1.54, 1.807) is 16.9 Å². The Bertz CT molecular complexity index is 305. The number of nitrogens with zero attached hydrogens (tertiary/aromatic N) is 2. The van der Waals surface area contributed by atoms with Crippen LogP contribution in [0.25, 0.3) is 0 Å². The van der Waals surface area contributed by atoms with Crippen LogP contribution in [0.5, 0.6) is 0 Å². The molecule has 2 rings (SSSR count). The lowest BCUT2D eigenvalue weighted by Gasteiger charge is -2.26. The molecule has 2 unspecified atom stereocenters. The van der Waals surface area contributed by atoms with Crippen molar-refractivity contribution in [3.8, 4) is 0 Å². The Morgan fingerprint density at radius 3 is 3.20 bits per heavy atom. The maximum atomic E-state index is 14.2. The fourth-order valence-corrected chi connectivity index (χ4v) is 2.18. The minimum Gasteiger partial charge on any atom is -0.311 e. The molecule has 0 aliphatic carbocycles. The molecule has 4 heteroatoms. The van der Waals surface area contributed by atoms with Crippen molar-refractivity contribution in [2.45, 2.75) is 44.9 Å². The van der Waals surface area contributed by atoms with Crippen molar-refractivity contribution >= 4 is 0 Å². The van der Waals surface area contributed by atoms with Crippen LogP contribution in [-0.4, -0.2) is 22.4 Å². The van der Waals surface area contributed by atoms with E-state index >= 15 is 0 Å². The zero-order valence-corrected chi connectivity index (χ0v) is 9.12.